The summed E-state index contributed by atoms with van der Waals surface area (Å²) in [5, 5.41) is 12.9. The van der Waals surface area contributed by atoms with Crippen molar-refractivity contribution in [1.82, 2.24) is 15.1 Å². The van der Waals surface area contributed by atoms with Crippen molar-refractivity contribution in [2.45, 2.75) is 50.2 Å². The maximum Gasteiger partial charge on any atom is 0.352 e. The van der Waals surface area contributed by atoms with E-state index in [1.54, 1.807) is 6.08 Å². The molecule has 0 radical (unpaired) electrons. The zero-order valence-electron chi connectivity index (χ0n) is 14.6. The molecule has 0 aromatic rings. The van der Waals surface area contributed by atoms with E-state index in [2.05, 4.69) is 5.32 Å². The summed E-state index contributed by atoms with van der Waals surface area (Å²) in [4.78, 5) is 39.8. The van der Waals surface area contributed by atoms with Crippen molar-refractivity contribution in [2.75, 3.05) is 19.6 Å². The summed E-state index contributed by atoms with van der Waals surface area (Å²) in [5.74, 6) is -1.50. The summed E-state index contributed by atoms with van der Waals surface area (Å²) in [7, 11) is 0. The lowest BCUT2D eigenvalue weighted by atomic mass is 9.83. The number of piperidine rings is 1. The van der Waals surface area contributed by atoms with E-state index in [0.29, 0.717) is 37.0 Å². The van der Waals surface area contributed by atoms with Gasteiger partial charge in [-0.25, -0.2) is 4.79 Å². The molecule has 3 atom stereocenters. The highest BCUT2D eigenvalue weighted by Crippen LogP contribution is 2.37. The summed E-state index contributed by atoms with van der Waals surface area (Å²) in [5.41, 5.74) is 6.97. The molecule has 4 heterocycles. The van der Waals surface area contributed by atoms with Gasteiger partial charge in [0.1, 0.15) is 11.7 Å². The fraction of sp³-hybridized carbons (Fsp3) is 0.611. The van der Waals surface area contributed by atoms with Crippen LogP contribution < -0.4 is 11.1 Å². The minimum absolute atomic E-state index is 0.00830. The van der Waals surface area contributed by atoms with Gasteiger partial charge >= 0.3 is 5.97 Å². The van der Waals surface area contributed by atoms with Gasteiger partial charge in [-0.2, -0.15) is 0 Å². The van der Waals surface area contributed by atoms with Crippen molar-refractivity contribution >= 4 is 17.8 Å². The van der Waals surface area contributed by atoms with E-state index in [9.17, 15) is 19.5 Å². The number of carbonyl (C=O) groups is 3. The van der Waals surface area contributed by atoms with Crippen LogP contribution in [0, 0.1) is 0 Å². The number of hydrogen-bond acceptors (Lipinski definition) is 5. The highest BCUT2D eigenvalue weighted by molar-refractivity contribution is 6.01. The molecular weight excluding hydrogens is 336 g/mol. The molecule has 0 spiro atoms. The largest absolute Gasteiger partial charge is 0.477 e. The van der Waals surface area contributed by atoms with Crippen LogP contribution in [0.1, 0.15) is 32.1 Å². The second kappa shape index (κ2) is 6.51. The molecule has 3 fully saturated rings. The number of hydrogen-bond donors (Lipinski definition) is 3. The Morgan fingerprint density at radius 3 is 2.77 bits per heavy atom. The Kier molecular flexibility index (Phi) is 4.32. The Morgan fingerprint density at radius 2 is 2.08 bits per heavy atom. The van der Waals surface area contributed by atoms with E-state index in [1.807, 2.05) is 4.90 Å². The van der Waals surface area contributed by atoms with Gasteiger partial charge < -0.3 is 21.1 Å². The molecule has 26 heavy (non-hydrogen) atoms. The molecule has 0 aromatic carbocycles. The third kappa shape index (κ3) is 2.64. The fourth-order valence-electron chi connectivity index (χ4n) is 4.54. The maximum absolute atomic E-state index is 12.8. The predicted molar refractivity (Wildman–Crippen MR) is 92.8 cm³/mol. The van der Waals surface area contributed by atoms with Gasteiger partial charge in [0.15, 0.2) is 0 Å². The van der Waals surface area contributed by atoms with Crippen molar-refractivity contribution in [3.8, 4) is 0 Å². The van der Waals surface area contributed by atoms with Gasteiger partial charge in [-0.15, -0.1) is 0 Å². The first kappa shape index (κ1) is 17.2. The lowest BCUT2D eigenvalue weighted by Gasteiger charge is -2.48. The third-order valence-corrected chi connectivity index (χ3v) is 5.94. The topological polar surface area (TPSA) is 116 Å². The third-order valence-electron chi connectivity index (χ3n) is 5.94. The monoisotopic (exact) mass is 360 g/mol. The molecule has 140 valence electrons. The minimum Gasteiger partial charge on any atom is -0.477 e. The molecule has 0 aliphatic carbocycles. The van der Waals surface area contributed by atoms with Crippen LogP contribution in [-0.2, 0) is 14.4 Å². The van der Waals surface area contributed by atoms with Crippen molar-refractivity contribution < 1.29 is 19.5 Å². The molecule has 0 aromatic heterocycles. The van der Waals surface area contributed by atoms with Crippen molar-refractivity contribution in [3.05, 3.63) is 22.9 Å². The number of nitrogens with two attached hydrogens (primary N) is 1. The van der Waals surface area contributed by atoms with Crippen LogP contribution in [0.25, 0.3) is 0 Å². The summed E-state index contributed by atoms with van der Waals surface area (Å²) in [6.07, 6.45) is 5.52. The second-order valence-corrected chi connectivity index (χ2v) is 7.44. The molecule has 0 saturated carbocycles. The van der Waals surface area contributed by atoms with Crippen LogP contribution in [0.5, 0.6) is 0 Å². The fourth-order valence-corrected chi connectivity index (χ4v) is 4.54. The Bertz CT molecular complexity index is 723. The van der Waals surface area contributed by atoms with Crippen LogP contribution in [0.4, 0.5) is 0 Å². The quantitative estimate of drug-likeness (QED) is 0.464. The predicted octanol–water partition coefficient (Wildman–Crippen LogP) is -0.432. The number of likely N-dealkylation sites (tertiary alicyclic amines) is 1. The molecule has 3 saturated heterocycles. The number of allylic oxidation sites excluding steroid dienone is 2. The molecular formula is C18H24N4O4. The number of aliphatic carboxylic acids is 1. The summed E-state index contributed by atoms with van der Waals surface area (Å²) < 4.78 is 0. The molecule has 8 nitrogen and oxygen atoms in total. The van der Waals surface area contributed by atoms with E-state index in [-0.39, 0.29) is 29.6 Å². The highest BCUT2D eigenvalue weighted by atomic mass is 16.4. The number of fused-ring (bicyclic) bond motifs is 1. The molecule has 0 bridgehead atoms. The number of amides is 2. The minimum atomic E-state index is -1.14. The van der Waals surface area contributed by atoms with Gasteiger partial charge in [0.2, 0.25) is 11.8 Å². The van der Waals surface area contributed by atoms with Crippen molar-refractivity contribution in [3.63, 3.8) is 0 Å². The van der Waals surface area contributed by atoms with Crippen LogP contribution >= 0.6 is 0 Å². The lowest BCUT2D eigenvalue weighted by Crippen LogP contribution is -2.69. The SMILES string of the molecule is N[C@@H]1C(=O)N2C(C(=O)O)=C(/C=C3\CCN(C4CCCNC4)C3=O)CC[C@H]12. The normalized spacial score (nSPS) is 33.6. The smallest absolute Gasteiger partial charge is 0.352 e. The van der Waals surface area contributed by atoms with Gasteiger partial charge in [0.25, 0.3) is 0 Å². The zero-order valence-corrected chi connectivity index (χ0v) is 14.6. The number of rotatable bonds is 3. The van der Waals surface area contributed by atoms with E-state index < -0.39 is 12.0 Å². The molecule has 8 heteroatoms. The Labute approximate surface area is 151 Å². The summed E-state index contributed by atoms with van der Waals surface area (Å²) in [6, 6.07) is -0.637. The van der Waals surface area contributed by atoms with Crippen molar-refractivity contribution in [2.24, 2.45) is 5.73 Å². The Morgan fingerprint density at radius 1 is 1.27 bits per heavy atom. The van der Waals surface area contributed by atoms with E-state index in [0.717, 1.165) is 25.9 Å². The molecule has 4 rings (SSSR count). The number of carbonyl (C=O) groups excluding carboxylic acids is 2. The molecule has 2 amide bonds. The van der Waals surface area contributed by atoms with Gasteiger partial charge in [0, 0.05) is 24.7 Å². The average Bonchev–Trinajstić information content (AvgIpc) is 3.01. The summed E-state index contributed by atoms with van der Waals surface area (Å²) >= 11 is 0. The average molecular weight is 360 g/mol. The van der Waals surface area contributed by atoms with E-state index in [4.69, 9.17) is 5.73 Å². The Hall–Kier alpha value is -2.19. The number of carboxylic acids is 1. The van der Waals surface area contributed by atoms with Crippen LogP contribution in [0.15, 0.2) is 22.9 Å². The molecule has 4 aliphatic rings. The van der Waals surface area contributed by atoms with Crippen molar-refractivity contribution in [1.29, 1.82) is 0 Å². The maximum atomic E-state index is 12.8. The first-order valence-electron chi connectivity index (χ1n) is 9.26. The first-order chi connectivity index (χ1) is 12.5. The van der Waals surface area contributed by atoms with Gasteiger partial charge in [-0.1, -0.05) is 0 Å². The van der Waals surface area contributed by atoms with Gasteiger partial charge in [-0.3, -0.25) is 14.5 Å². The Balaban J connectivity index is 1.59. The molecule has 4 N–H and O–H groups in total. The number of β-lactam (4-membered cyclic amide) rings is 1. The number of carboxylic acid groups (broad SMARTS) is 1. The second-order valence-electron chi connectivity index (χ2n) is 7.44. The first-order valence-corrected chi connectivity index (χ1v) is 9.26. The van der Waals surface area contributed by atoms with Gasteiger partial charge in [-0.05, 0) is 50.3 Å². The van der Waals surface area contributed by atoms with Gasteiger partial charge in [0.05, 0.1) is 6.04 Å². The lowest BCUT2D eigenvalue weighted by molar-refractivity contribution is -0.152. The number of nitrogens with zero attached hydrogens (tertiary/aromatic N) is 2. The summed E-state index contributed by atoms with van der Waals surface area (Å²) in [6.45, 7) is 2.47. The van der Waals surface area contributed by atoms with Crippen LogP contribution in [0.2, 0.25) is 0 Å². The van der Waals surface area contributed by atoms with E-state index in [1.165, 1.54) is 4.90 Å². The molecule has 4 aliphatic heterocycles. The zero-order chi connectivity index (χ0) is 18.4. The highest BCUT2D eigenvalue weighted by Gasteiger charge is 2.50. The molecule has 1 unspecified atom stereocenters. The van der Waals surface area contributed by atoms with E-state index >= 15 is 0 Å². The van der Waals surface area contributed by atoms with Crippen LogP contribution in [0.3, 0.4) is 0 Å². The standard InChI is InChI=1S/C18H24N4O4/c19-14-13-4-3-10(15(18(25)26)22(13)17(14)24)8-11-5-7-21(16(11)23)12-2-1-6-20-9-12/h8,12-14,20H,1-7,9,19H2,(H,25,26)/b11-8+/t12?,13-,14+/m1/s1. The number of nitrogens with one attached hydrogen (secondary N) is 1. The van der Waals surface area contributed by atoms with Crippen LogP contribution in [-0.4, -0.2) is 70.4 Å².